The van der Waals surface area contributed by atoms with Crippen molar-refractivity contribution in [3.05, 3.63) is 53.1 Å². The molecule has 0 amide bonds. The highest BCUT2D eigenvalue weighted by atomic mass is 19.4. The van der Waals surface area contributed by atoms with Crippen LogP contribution in [-0.4, -0.2) is 26.4 Å². The molecular weight excluding hydrogens is 300 g/mol. The van der Waals surface area contributed by atoms with E-state index in [1.54, 1.807) is 6.07 Å². The monoisotopic (exact) mass is 312 g/mol. The van der Waals surface area contributed by atoms with Gasteiger partial charge in [-0.2, -0.15) is 13.2 Å². The van der Waals surface area contributed by atoms with E-state index in [0.717, 1.165) is 6.20 Å². The minimum absolute atomic E-state index is 0.370. The van der Waals surface area contributed by atoms with Gasteiger partial charge >= 0.3 is 6.18 Å². The van der Waals surface area contributed by atoms with Crippen LogP contribution in [0.5, 0.6) is 0 Å². The molecule has 4 nitrogen and oxygen atoms in total. The Hall–Kier alpha value is -2.09. The van der Waals surface area contributed by atoms with Crippen LogP contribution in [-0.2, 0) is 25.7 Å². The molecular formula is C14H12F4N4. The Morgan fingerprint density at radius 2 is 2.05 bits per heavy atom. The molecule has 0 fully saturated rings. The van der Waals surface area contributed by atoms with Crippen molar-refractivity contribution >= 4 is 0 Å². The molecule has 1 aliphatic heterocycles. The molecule has 0 aromatic carbocycles. The lowest BCUT2D eigenvalue weighted by molar-refractivity contribution is -0.145. The molecule has 1 aliphatic rings. The fraction of sp³-hybridized carbons (Fsp3) is 0.357. The van der Waals surface area contributed by atoms with Gasteiger partial charge in [0.25, 0.3) is 0 Å². The smallest absolute Gasteiger partial charge is 0.294 e. The molecule has 0 bridgehead atoms. The first-order chi connectivity index (χ1) is 10.4. The molecule has 0 unspecified atom stereocenters. The summed E-state index contributed by atoms with van der Waals surface area (Å²) in [6.07, 6.45) is -0.291. The molecule has 3 rings (SSSR count). The third-order valence-corrected chi connectivity index (χ3v) is 3.52. The van der Waals surface area contributed by atoms with E-state index in [1.165, 1.54) is 12.4 Å². The number of halogens is 4. The van der Waals surface area contributed by atoms with Gasteiger partial charge in [0.15, 0.2) is 0 Å². The number of hydrogen-bond acceptors (Lipinski definition) is 4. The lowest BCUT2D eigenvalue weighted by Gasteiger charge is -2.28. The first kappa shape index (κ1) is 14.8. The highest BCUT2D eigenvalue weighted by molar-refractivity contribution is 5.22. The molecule has 0 spiro atoms. The van der Waals surface area contributed by atoms with Crippen LogP contribution < -0.4 is 0 Å². The Morgan fingerprint density at radius 1 is 1.23 bits per heavy atom. The zero-order valence-electron chi connectivity index (χ0n) is 11.4. The Balaban J connectivity index is 1.76. The summed E-state index contributed by atoms with van der Waals surface area (Å²) in [7, 11) is 0. The molecule has 2 aromatic rings. The van der Waals surface area contributed by atoms with Crippen LogP contribution in [0.1, 0.15) is 22.6 Å². The highest BCUT2D eigenvalue weighted by Crippen LogP contribution is 2.28. The van der Waals surface area contributed by atoms with Gasteiger partial charge in [-0.15, -0.1) is 0 Å². The van der Waals surface area contributed by atoms with E-state index in [-0.39, 0.29) is 0 Å². The van der Waals surface area contributed by atoms with Crippen LogP contribution in [0, 0.1) is 5.82 Å². The summed E-state index contributed by atoms with van der Waals surface area (Å²) < 4.78 is 51.3. The van der Waals surface area contributed by atoms with Gasteiger partial charge in [0.2, 0.25) is 5.82 Å². The Morgan fingerprint density at radius 3 is 2.77 bits per heavy atom. The highest BCUT2D eigenvalue weighted by Gasteiger charge is 2.35. The van der Waals surface area contributed by atoms with Crippen molar-refractivity contribution in [2.24, 2.45) is 0 Å². The van der Waals surface area contributed by atoms with Gasteiger partial charge in [-0.3, -0.25) is 9.88 Å². The number of pyridine rings is 1. The zero-order chi connectivity index (χ0) is 15.7. The third kappa shape index (κ3) is 3.06. The second-order valence-electron chi connectivity index (χ2n) is 5.09. The van der Waals surface area contributed by atoms with Gasteiger partial charge in [0.05, 0.1) is 11.9 Å². The Labute approximate surface area is 123 Å². The molecule has 116 valence electrons. The molecule has 3 heterocycles. The average molecular weight is 312 g/mol. The fourth-order valence-corrected chi connectivity index (χ4v) is 2.42. The van der Waals surface area contributed by atoms with Gasteiger partial charge < -0.3 is 0 Å². The number of hydrogen-bond donors (Lipinski definition) is 0. The summed E-state index contributed by atoms with van der Waals surface area (Å²) >= 11 is 0. The van der Waals surface area contributed by atoms with Crippen LogP contribution >= 0.6 is 0 Å². The first-order valence-electron chi connectivity index (χ1n) is 6.66. The second-order valence-corrected chi connectivity index (χ2v) is 5.09. The molecule has 0 atom stereocenters. The van der Waals surface area contributed by atoms with Gasteiger partial charge in [0, 0.05) is 49.6 Å². The summed E-state index contributed by atoms with van der Waals surface area (Å²) in [6.45, 7) is 1.28. The fourth-order valence-electron chi connectivity index (χ4n) is 2.42. The van der Waals surface area contributed by atoms with E-state index >= 15 is 0 Å². The number of alkyl halides is 3. The maximum absolute atomic E-state index is 13.6. The standard InChI is InChI=1S/C14H12F4N4/c15-11-6-19-3-1-9(11)7-22-4-2-12-10(8-22)5-20-13(21-12)14(16,17)18/h1,3,5-6H,2,4,7-8H2. The second kappa shape index (κ2) is 5.60. The van der Waals surface area contributed by atoms with Gasteiger partial charge in [0.1, 0.15) is 5.82 Å². The molecule has 0 N–H and O–H groups in total. The molecule has 22 heavy (non-hydrogen) atoms. The van der Waals surface area contributed by atoms with E-state index in [4.69, 9.17) is 0 Å². The number of rotatable bonds is 2. The minimum atomic E-state index is -4.54. The number of nitrogens with zero attached hydrogens (tertiary/aromatic N) is 4. The molecule has 0 saturated carbocycles. The average Bonchev–Trinajstić information content (AvgIpc) is 2.48. The first-order valence-corrected chi connectivity index (χ1v) is 6.66. The van der Waals surface area contributed by atoms with Gasteiger partial charge in [-0.05, 0) is 6.07 Å². The predicted molar refractivity (Wildman–Crippen MR) is 69.0 cm³/mol. The minimum Gasteiger partial charge on any atom is -0.294 e. The molecule has 2 aromatic heterocycles. The molecule has 0 radical (unpaired) electrons. The summed E-state index contributed by atoms with van der Waals surface area (Å²) in [4.78, 5) is 12.6. The van der Waals surface area contributed by atoms with E-state index in [0.29, 0.717) is 42.9 Å². The summed E-state index contributed by atoms with van der Waals surface area (Å²) in [5.41, 5.74) is 1.56. The normalized spacial score (nSPS) is 15.6. The van der Waals surface area contributed by atoms with Crippen molar-refractivity contribution in [2.75, 3.05) is 6.54 Å². The SMILES string of the molecule is Fc1cnccc1CN1CCc2nc(C(F)(F)F)ncc2C1. The van der Waals surface area contributed by atoms with E-state index in [1.807, 2.05) is 4.90 Å². The number of fused-ring (bicyclic) bond motifs is 1. The van der Waals surface area contributed by atoms with Gasteiger partial charge in [-0.1, -0.05) is 0 Å². The van der Waals surface area contributed by atoms with Crippen molar-refractivity contribution in [1.82, 2.24) is 19.9 Å². The van der Waals surface area contributed by atoms with Crippen molar-refractivity contribution in [3.63, 3.8) is 0 Å². The quantitative estimate of drug-likeness (QED) is 0.799. The van der Waals surface area contributed by atoms with Crippen molar-refractivity contribution < 1.29 is 17.6 Å². The number of aromatic nitrogens is 3. The molecule has 8 heteroatoms. The topological polar surface area (TPSA) is 41.9 Å². The van der Waals surface area contributed by atoms with Crippen LogP contribution in [0.3, 0.4) is 0 Å². The van der Waals surface area contributed by atoms with Crippen LogP contribution in [0.2, 0.25) is 0 Å². The Bertz CT molecular complexity index is 687. The van der Waals surface area contributed by atoms with Crippen LogP contribution in [0.25, 0.3) is 0 Å². The lowest BCUT2D eigenvalue weighted by Crippen LogP contribution is -2.32. The van der Waals surface area contributed by atoms with Crippen LogP contribution in [0.15, 0.2) is 24.7 Å². The summed E-state index contributed by atoms with van der Waals surface area (Å²) in [6, 6.07) is 1.59. The zero-order valence-corrected chi connectivity index (χ0v) is 11.4. The van der Waals surface area contributed by atoms with Crippen molar-refractivity contribution in [2.45, 2.75) is 25.7 Å². The molecule has 0 saturated heterocycles. The predicted octanol–water partition coefficient (Wildman–Crippen LogP) is 2.59. The van der Waals surface area contributed by atoms with E-state index in [2.05, 4.69) is 15.0 Å². The molecule has 0 aliphatic carbocycles. The third-order valence-electron chi connectivity index (χ3n) is 3.52. The lowest BCUT2D eigenvalue weighted by atomic mass is 10.1. The largest absolute Gasteiger partial charge is 0.451 e. The maximum Gasteiger partial charge on any atom is 0.451 e. The van der Waals surface area contributed by atoms with Crippen molar-refractivity contribution in [3.8, 4) is 0 Å². The summed E-state index contributed by atoms with van der Waals surface area (Å²) in [5, 5.41) is 0. The van der Waals surface area contributed by atoms with E-state index in [9.17, 15) is 17.6 Å². The van der Waals surface area contributed by atoms with E-state index < -0.39 is 17.8 Å². The Kier molecular flexibility index (Phi) is 3.78. The van der Waals surface area contributed by atoms with Crippen molar-refractivity contribution in [1.29, 1.82) is 0 Å². The van der Waals surface area contributed by atoms with Gasteiger partial charge in [-0.25, -0.2) is 14.4 Å². The maximum atomic E-state index is 13.6. The van der Waals surface area contributed by atoms with Crippen LogP contribution in [0.4, 0.5) is 17.6 Å². The summed E-state index contributed by atoms with van der Waals surface area (Å²) in [5.74, 6) is -1.50.